The van der Waals surface area contributed by atoms with Gasteiger partial charge in [0, 0.05) is 11.1 Å². The van der Waals surface area contributed by atoms with Gasteiger partial charge in [0.05, 0.1) is 11.1 Å². The summed E-state index contributed by atoms with van der Waals surface area (Å²) < 4.78 is 0. The van der Waals surface area contributed by atoms with Gasteiger partial charge < -0.3 is 5.11 Å². The summed E-state index contributed by atoms with van der Waals surface area (Å²) in [5.74, 6) is -1.73. The van der Waals surface area contributed by atoms with Crippen molar-refractivity contribution in [2.45, 2.75) is 13.3 Å². The van der Waals surface area contributed by atoms with Crippen molar-refractivity contribution in [3.05, 3.63) is 46.5 Å². The molecule has 0 aliphatic carbocycles. The number of allylic oxidation sites excluding steroid dienone is 1. The molecule has 2 rings (SSSR count). The average molecular weight is 275 g/mol. The monoisotopic (exact) mass is 275 g/mol. The first-order valence-corrected chi connectivity index (χ1v) is 6.46. The first kappa shape index (κ1) is 13.4. The van der Waals surface area contributed by atoms with Crippen LogP contribution in [0.25, 0.3) is 0 Å². The zero-order valence-corrected chi connectivity index (χ0v) is 11.0. The van der Waals surface area contributed by atoms with E-state index in [0.29, 0.717) is 5.17 Å². The second kappa shape index (κ2) is 5.71. The van der Waals surface area contributed by atoms with Crippen LogP contribution >= 0.6 is 11.8 Å². The Morgan fingerprint density at radius 3 is 2.58 bits per heavy atom. The van der Waals surface area contributed by atoms with E-state index in [-0.39, 0.29) is 11.1 Å². The molecule has 1 amide bonds. The third kappa shape index (κ3) is 3.03. The van der Waals surface area contributed by atoms with Gasteiger partial charge in [0.15, 0.2) is 5.17 Å². The summed E-state index contributed by atoms with van der Waals surface area (Å²) in [5, 5.41) is 13.4. The zero-order valence-electron chi connectivity index (χ0n) is 10.2. The smallest absolute Gasteiger partial charge is 0.336 e. The maximum Gasteiger partial charge on any atom is 0.336 e. The number of carbonyl (C=O) groups excluding carboxylic acids is 1. The Kier molecular flexibility index (Phi) is 4.01. The Bertz CT molecular complexity index is 593. The molecule has 0 saturated heterocycles. The van der Waals surface area contributed by atoms with Crippen LogP contribution in [0.1, 0.15) is 34.1 Å². The molecule has 1 radical (unpaired) electrons. The van der Waals surface area contributed by atoms with E-state index >= 15 is 0 Å². The predicted molar refractivity (Wildman–Crippen MR) is 73.3 cm³/mol. The molecule has 97 valence electrons. The maximum atomic E-state index is 12.0. The minimum absolute atomic E-state index is 0.0523. The molecule has 1 aliphatic rings. The third-order valence-electron chi connectivity index (χ3n) is 2.47. The van der Waals surface area contributed by atoms with Gasteiger partial charge in [0.1, 0.15) is 0 Å². The first-order chi connectivity index (χ1) is 9.11. The van der Waals surface area contributed by atoms with Crippen molar-refractivity contribution in [2.24, 2.45) is 4.99 Å². The van der Waals surface area contributed by atoms with Crippen LogP contribution in [0.3, 0.4) is 0 Å². The van der Waals surface area contributed by atoms with E-state index in [2.05, 4.69) is 10.3 Å². The normalized spacial score (nSPS) is 16.1. The number of rotatable bonds is 3. The molecule has 0 fully saturated rings. The van der Waals surface area contributed by atoms with Crippen molar-refractivity contribution in [3.63, 3.8) is 0 Å². The van der Waals surface area contributed by atoms with E-state index in [1.165, 1.54) is 23.9 Å². The molecule has 19 heavy (non-hydrogen) atoms. The summed E-state index contributed by atoms with van der Waals surface area (Å²) in [6, 6.07) is 6.00. The van der Waals surface area contributed by atoms with Crippen molar-refractivity contribution < 1.29 is 14.7 Å². The Morgan fingerprint density at radius 1 is 1.32 bits per heavy atom. The van der Waals surface area contributed by atoms with Gasteiger partial charge in [-0.3, -0.25) is 4.79 Å². The highest BCUT2D eigenvalue weighted by Crippen LogP contribution is 2.25. The fourth-order valence-corrected chi connectivity index (χ4v) is 2.23. The number of amides is 1. The van der Waals surface area contributed by atoms with Crippen LogP contribution in [0.5, 0.6) is 0 Å². The van der Waals surface area contributed by atoms with E-state index < -0.39 is 11.9 Å². The molecule has 6 heteroatoms. The van der Waals surface area contributed by atoms with Crippen LogP contribution in [-0.2, 0) is 0 Å². The highest BCUT2D eigenvalue weighted by molar-refractivity contribution is 8.17. The summed E-state index contributed by atoms with van der Waals surface area (Å²) in [4.78, 5) is 27.9. The van der Waals surface area contributed by atoms with Crippen LogP contribution in [-0.4, -0.2) is 22.2 Å². The number of thioether (sulfide) groups is 1. The summed E-state index contributed by atoms with van der Waals surface area (Å²) in [6.45, 7) is 1.98. The van der Waals surface area contributed by atoms with Gasteiger partial charge in [-0.1, -0.05) is 30.8 Å². The fraction of sp³-hybridized carbons (Fsp3) is 0.154. The Hall–Kier alpha value is -2.08. The highest BCUT2D eigenvalue weighted by Gasteiger charge is 2.18. The molecule has 0 atom stereocenters. The average Bonchev–Trinajstić information content (AvgIpc) is 2.86. The second-order valence-corrected chi connectivity index (χ2v) is 4.82. The maximum absolute atomic E-state index is 12.0. The number of benzene rings is 1. The van der Waals surface area contributed by atoms with Crippen molar-refractivity contribution in [2.75, 3.05) is 0 Å². The Balaban J connectivity index is 2.22. The van der Waals surface area contributed by atoms with E-state index in [4.69, 9.17) is 5.11 Å². The number of carbonyl (C=O) groups is 2. The van der Waals surface area contributed by atoms with Crippen LogP contribution in [0, 0.1) is 0 Å². The number of amidine groups is 1. The second-order valence-electron chi connectivity index (χ2n) is 3.73. The Morgan fingerprint density at radius 2 is 2.00 bits per heavy atom. The molecule has 1 aliphatic heterocycles. The lowest BCUT2D eigenvalue weighted by atomic mass is 10.1. The van der Waals surface area contributed by atoms with E-state index in [9.17, 15) is 9.59 Å². The molecule has 1 heterocycles. The number of aromatic carboxylic acids is 1. The predicted octanol–water partition coefficient (Wildman–Crippen LogP) is 2.48. The molecular formula is C13H11N2O3S. The summed E-state index contributed by atoms with van der Waals surface area (Å²) in [6.07, 6.45) is 2.49. The van der Waals surface area contributed by atoms with Crippen LogP contribution in [0.4, 0.5) is 0 Å². The molecule has 1 N–H and O–H groups in total. The summed E-state index contributed by atoms with van der Waals surface area (Å²) >= 11 is 1.32. The molecule has 0 bridgehead atoms. The summed E-state index contributed by atoms with van der Waals surface area (Å²) in [5.41, 5.74) is 0.0202. The molecule has 0 saturated carbocycles. The molecule has 1 aromatic carbocycles. The minimum Gasteiger partial charge on any atom is -0.478 e. The van der Waals surface area contributed by atoms with Crippen LogP contribution in [0.2, 0.25) is 0 Å². The van der Waals surface area contributed by atoms with Crippen LogP contribution in [0.15, 0.2) is 40.4 Å². The molecule has 5 nitrogen and oxygen atoms in total. The van der Waals surface area contributed by atoms with E-state index in [1.807, 2.05) is 6.92 Å². The SMILES string of the molecule is CCC1=C[N]C(=NC(=O)c2ccccc2C(=O)O)S1. The van der Waals surface area contributed by atoms with E-state index in [0.717, 1.165) is 11.3 Å². The highest BCUT2D eigenvalue weighted by atomic mass is 32.2. The quantitative estimate of drug-likeness (QED) is 0.918. The first-order valence-electron chi connectivity index (χ1n) is 5.65. The molecule has 1 aromatic rings. The number of aliphatic imine (C=N–C) groups is 1. The van der Waals surface area contributed by atoms with Gasteiger partial charge in [-0.15, -0.1) is 0 Å². The lowest BCUT2D eigenvalue weighted by Gasteiger charge is -2.01. The molecular weight excluding hydrogens is 264 g/mol. The van der Waals surface area contributed by atoms with Crippen molar-refractivity contribution in [1.82, 2.24) is 5.32 Å². The van der Waals surface area contributed by atoms with Crippen molar-refractivity contribution >= 4 is 28.8 Å². The molecule has 0 unspecified atom stereocenters. The molecule has 0 aromatic heterocycles. The van der Waals surface area contributed by atoms with Gasteiger partial charge in [-0.05, 0) is 18.6 Å². The van der Waals surface area contributed by atoms with Gasteiger partial charge in [-0.2, -0.15) is 4.99 Å². The molecule has 0 spiro atoms. The number of hydrogen-bond acceptors (Lipinski definition) is 3. The lowest BCUT2D eigenvalue weighted by molar-refractivity contribution is 0.0692. The van der Waals surface area contributed by atoms with Crippen molar-refractivity contribution in [3.8, 4) is 0 Å². The van der Waals surface area contributed by atoms with Gasteiger partial charge >= 0.3 is 5.97 Å². The summed E-state index contributed by atoms with van der Waals surface area (Å²) in [7, 11) is 0. The van der Waals surface area contributed by atoms with Gasteiger partial charge in [-0.25, -0.2) is 10.1 Å². The number of carboxylic acids is 1. The zero-order chi connectivity index (χ0) is 13.8. The number of nitrogens with zero attached hydrogens (tertiary/aromatic N) is 2. The largest absolute Gasteiger partial charge is 0.478 e. The van der Waals surface area contributed by atoms with E-state index in [1.54, 1.807) is 18.3 Å². The third-order valence-corrected chi connectivity index (χ3v) is 3.51. The van der Waals surface area contributed by atoms with Crippen LogP contribution < -0.4 is 5.32 Å². The topological polar surface area (TPSA) is 80.8 Å². The Labute approximate surface area is 114 Å². The van der Waals surface area contributed by atoms with Crippen molar-refractivity contribution in [1.29, 1.82) is 0 Å². The lowest BCUT2D eigenvalue weighted by Crippen LogP contribution is -2.10. The minimum atomic E-state index is -1.15. The van der Waals surface area contributed by atoms with Gasteiger partial charge in [0.2, 0.25) is 0 Å². The standard InChI is InChI=1S/C13H11N2O3S/c1-2-8-7-14-13(19-8)15-11(16)9-5-3-4-6-10(9)12(17)18/h3-7H,2H2,1H3,(H,17,18). The fourth-order valence-electron chi connectivity index (χ4n) is 1.52. The van der Waals surface area contributed by atoms with Gasteiger partial charge in [0.25, 0.3) is 5.91 Å². The number of carboxylic acid groups (broad SMARTS) is 1. The number of hydrogen-bond donors (Lipinski definition) is 1.